The zero-order valence-corrected chi connectivity index (χ0v) is 15.7. The Morgan fingerprint density at radius 2 is 1.71 bits per heavy atom. The molecule has 2 nitrogen and oxygen atoms in total. The molecule has 1 aliphatic rings. The van der Waals surface area contributed by atoms with Crippen LogP contribution in [-0.2, 0) is 0 Å². The van der Waals surface area contributed by atoms with E-state index in [2.05, 4.69) is 79.1 Å². The maximum atomic E-state index is 2.64. The fourth-order valence-electron chi connectivity index (χ4n) is 3.25. The minimum Gasteiger partial charge on any atom is -0.301 e. The molecule has 1 aromatic rings. The fraction of sp³-hybridized carbons (Fsp3) is 0.545. The Bertz CT molecular complexity index is 506. The third-order valence-corrected chi connectivity index (χ3v) is 4.72. The molecule has 0 bridgehead atoms. The molecule has 1 fully saturated rings. The molecule has 2 heteroatoms. The van der Waals surface area contributed by atoms with Crippen molar-refractivity contribution in [2.45, 2.75) is 33.6 Å². The quantitative estimate of drug-likeness (QED) is 0.639. The van der Waals surface area contributed by atoms with Gasteiger partial charge in [-0.05, 0) is 38.2 Å². The van der Waals surface area contributed by atoms with Crippen molar-refractivity contribution in [3.8, 4) is 0 Å². The van der Waals surface area contributed by atoms with Crippen LogP contribution in [0.1, 0.15) is 39.2 Å². The average molecular weight is 327 g/mol. The Hall–Kier alpha value is -1.38. The third kappa shape index (κ3) is 7.46. The minimum absolute atomic E-state index is 0.796. The van der Waals surface area contributed by atoms with E-state index < -0.39 is 0 Å². The lowest BCUT2D eigenvalue weighted by atomic mass is 10.0. The highest BCUT2D eigenvalue weighted by Gasteiger charge is 2.17. The number of benzene rings is 1. The molecule has 0 aromatic heterocycles. The van der Waals surface area contributed by atoms with E-state index in [1.807, 2.05) is 0 Å². The van der Waals surface area contributed by atoms with Crippen LogP contribution in [0.5, 0.6) is 0 Å². The van der Waals surface area contributed by atoms with Crippen LogP contribution in [0.25, 0.3) is 6.08 Å². The van der Waals surface area contributed by atoms with E-state index in [0.717, 1.165) is 12.5 Å². The molecule has 1 heterocycles. The molecule has 0 N–H and O–H groups in total. The summed E-state index contributed by atoms with van der Waals surface area (Å²) < 4.78 is 0. The van der Waals surface area contributed by atoms with Crippen molar-refractivity contribution in [3.05, 3.63) is 53.6 Å². The Labute approximate surface area is 148 Å². The van der Waals surface area contributed by atoms with E-state index in [1.54, 1.807) is 0 Å². The van der Waals surface area contributed by atoms with Crippen molar-refractivity contribution in [1.82, 2.24) is 9.80 Å². The third-order valence-electron chi connectivity index (χ3n) is 4.72. The van der Waals surface area contributed by atoms with Crippen molar-refractivity contribution < 1.29 is 0 Å². The maximum absolute atomic E-state index is 2.64. The highest BCUT2D eigenvalue weighted by Crippen LogP contribution is 2.12. The van der Waals surface area contributed by atoms with E-state index in [4.69, 9.17) is 0 Å². The molecule has 132 valence electrons. The number of piperazine rings is 1. The van der Waals surface area contributed by atoms with Gasteiger partial charge in [0.1, 0.15) is 0 Å². The van der Waals surface area contributed by atoms with Gasteiger partial charge in [0.25, 0.3) is 0 Å². The summed E-state index contributed by atoms with van der Waals surface area (Å²) in [6.07, 6.45) is 9.44. The molecular formula is C22H34N2. The van der Waals surface area contributed by atoms with E-state index in [0.29, 0.717) is 0 Å². The number of hydrogen-bond donors (Lipinski definition) is 0. The molecule has 1 aromatic carbocycles. The second kappa shape index (κ2) is 10.5. The van der Waals surface area contributed by atoms with Gasteiger partial charge in [-0.25, -0.2) is 0 Å². The van der Waals surface area contributed by atoms with Gasteiger partial charge in [-0.3, -0.25) is 4.90 Å². The molecule has 0 saturated carbocycles. The highest BCUT2D eigenvalue weighted by molar-refractivity contribution is 5.48. The number of hydrogen-bond acceptors (Lipinski definition) is 2. The lowest BCUT2D eigenvalue weighted by Crippen LogP contribution is -2.47. The van der Waals surface area contributed by atoms with E-state index in [-0.39, 0.29) is 0 Å². The summed E-state index contributed by atoms with van der Waals surface area (Å²) in [4.78, 5) is 5.20. The first-order chi connectivity index (χ1) is 11.6. The first-order valence-corrected chi connectivity index (χ1v) is 9.43. The largest absolute Gasteiger partial charge is 0.301 e. The normalized spacial score (nSPS) is 18.0. The molecule has 1 saturated heterocycles. The molecule has 0 spiro atoms. The van der Waals surface area contributed by atoms with Gasteiger partial charge in [0.15, 0.2) is 0 Å². The average Bonchev–Trinajstić information content (AvgIpc) is 2.57. The van der Waals surface area contributed by atoms with Gasteiger partial charge in [0, 0.05) is 39.3 Å². The summed E-state index contributed by atoms with van der Waals surface area (Å²) in [5.41, 5.74) is 2.74. The van der Waals surface area contributed by atoms with Gasteiger partial charge in [0.05, 0.1) is 0 Å². The van der Waals surface area contributed by atoms with Crippen LogP contribution in [0.3, 0.4) is 0 Å². The van der Waals surface area contributed by atoms with Crippen LogP contribution >= 0.6 is 0 Å². The van der Waals surface area contributed by atoms with E-state index in [9.17, 15) is 0 Å². The smallest absolute Gasteiger partial charge is 0.0167 e. The molecular weight excluding hydrogens is 292 g/mol. The molecule has 1 aliphatic heterocycles. The molecule has 0 aliphatic carbocycles. The van der Waals surface area contributed by atoms with Crippen LogP contribution in [0.15, 0.2) is 48.1 Å². The Morgan fingerprint density at radius 1 is 1.04 bits per heavy atom. The minimum atomic E-state index is 0.796. The predicted octanol–water partition coefficient (Wildman–Crippen LogP) is 4.70. The second-order valence-corrected chi connectivity index (χ2v) is 7.38. The molecule has 2 rings (SSSR count). The number of rotatable bonds is 8. The summed E-state index contributed by atoms with van der Waals surface area (Å²) in [5.74, 6) is 0.796. The van der Waals surface area contributed by atoms with Gasteiger partial charge in [-0.1, -0.05) is 61.1 Å². The number of nitrogens with zero attached hydrogens (tertiary/aromatic N) is 2. The SMILES string of the molecule is CC(C)=CCC[C@@H](C)CN1CCN(C/C=C/c2ccccc2)CC1. The van der Waals surface area contributed by atoms with Gasteiger partial charge in [0.2, 0.25) is 0 Å². The molecule has 24 heavy (non-hydrogen) atoms. The number of allylic oxidation sites excluding steroid dienone is 2. The zero-order chi connectivity index (χ0) is 17.2. The van der Waals surface area contributed by atoms with Crippen molar-refractivity contribution in [2.75, 3.05) is 39.3 Å². The van der Waals surface area contributed by atoms with Crippen LogP contribution in [0.4, 0.5) is 0 Å². The van der Waals surface area contributed by atoms with Crippen molar-refractivity contribution >= 4 is 6.08 Å². The molecule has 0 unspecified atom stereocenters. The van der Waals surface area contributed by atoms with E-state index >= 15 is 0 Å². The van der Waals surface area contributed by atoms with Crippen molar-refractivity contribution in [2.24, 2.45) is 5.92 Å². The Kier molecular flexibility index (Phi) is 8.27. The first kappa shape index (κ1) is 19.0. The van der Waals surface area contributed by atoms with Crippen molar-refractivity contribution in [3.63, 3.8) is 0 Å². The zero-order valence-electron chi connectivity index (χ0n) is 15.7. The van der Waals surface area contributed by atoms with Gasteiger partial charge < -0.3 is 4.90 Å². The topological polar surface area (TPSA) is 6.48 Å². The summed E-state index contributed by atoms with van der Waals surface area (Å²) >= 11 is 0. The van der Waals surface area contributed by atoms with Gasteiger partial charge in [-0.15, -0.1) is 0 Å². The van der Waals surface area contributed by atoms with Gasteiger partial charge >= 0.3 is 0 Å². The lowest BCUT2D eigenvalue weighted by molar-refractivity contribution is 0.127. The summed E-state index contributed by atoms with van der Waals surface area (Å²) in [6.45, 7) is 13.9. The monoisotopic (exact) mass is 326 g/mol. The van der Waals surface area contributed by atoms with Crippen LogP contribution in [0, 0.1) is 5.92 Å². The first-order valence-electron chi connectivity index (χ1n) is 9.43. The molecule has 1 atom stereocenters. The predicted molar refractivity (Wildman–Crippen MR) is 106 cm³/mol. The van der Waals surface area contributed by atoms with Crippen molar-refractivity contribution in [1.29, 1.82) is 0 Å². The van der Waals surface area contributed by atoms with Crippen LogP contribution < -0.4 is 0 Å². The lowest BCUT2D eigenvalue weighted by Gasteiger charge is -2.35. The second-order valence-electron chi connectivity index (χ2n) is 7.38. The summed E-state index contributed by atoms with van der Waals surface area (Å²) in [7, 11) is 0. The van der Waals surface area contributed by atoms with Crippen LogP contribution in [0.2, 0.25) is 0 Å². The maximum Gasteiger partial charge on any atom is 0.0167 e. The standard InChI is InChI=1S/C22H34N2/c1-20(2)9-7-10-21(3)19-24-17-15-23(16-18-24)14-8-13-22-11-5-4-6-12-22/h4-6,8-9,11-13,21H,7,10,14-19H2,1-3H3/b13-8+/t21-/m1/s1. The van der Waals surface area contributed by atoms with Crippen LogP contribution in [-0.4, -0.2) is 49.1 Å². The highest BCUT2D eigenvalue weighted by atomic mass is 15.3. The fourth-order valence-corrected chi connectivity index (χ4v) is 3.25. The Balaban J connectivity index is 1.62. The summed E-state index contributed by atoms with van der Waals surface area (Å²) in [6, 6.07) is 10.6. The van der Waals surface area contributed by atoms with E-state index in [1.165, 1.54) is 56.7 Å². The Morgan fingerprint density at radius 3 is 2.38 bits per heavy atom. The molecule has 0 radical (unpaired) electrons. The molecule has 0 amide bonds. The van der Waals surface area contributed by atoms with Gasteiger partial charge in [-0.2, -0.15) is 0 Å². The summed E-state index contributed by atoms with van der Waals surface area (Å²) in [5, 5.41) is 0.